The number of aryl methyl sites for hydroxylation is 2. The first kappa shape index (κ1) is 22.0. The van der Waals surface area contributed by atoms with Gasteiger partial charge in [0.05, 0.1) is 5.25 Å². The zero-order chi connectivity index (χ0) is 20.9. The highest BCUT2D eigenvalue weighted by Crippen LogP contribution is 2.27. The van der Waals surface area contributed by atoms with E-state index < -0.39 is 0 Å². The fourth-order valence-electron chi connectivity index (χ4n) is 2.65. The zero-order valence-electron chi connectivity index (χ0n) is 17.6. The van der Waals surface area contributed by atoms with Crippen molar-refractivity contribution < 1.29 is 9.59 Å². The fourth-order valence-corrected chi connectivity index (χ4v) is 3.58. The normalized spacial score (nSPS) is 12.4. The quantitative estimate of drug-likeness (QED) is 0.605. The Hall–Kier alpha value is -2.27. The summed E-state index contributed by atoms with van der Waals surface area (Å²) in [6.45, 7) is 12.1. The Balaban J connectivity index is 1.97. The third kappa shape index (κ3) is 7.04. The molecule has 0 bridgehead atoms. The number of nitrogens with one attached hydrogen (secondary N) is 2. The van der Waals surface area contributed by atoms with E-state index in [1.165, 1.54) is 17.3 Å². The van der Waals surface area contributed by atoms with Crippen molar-refractivity contribution >= 4 is 35.0 Å². The molecule has 0 aliphatic carbocycles. The van der Waals surface area contributed by atoms with Gasteiger partial charge in [0.15, 0.2) is 0 Å². The van der Waals surface area contributed by atoms with E-state index in [1.54, 1.807) is 0 Å². The van der Waals surface area contributed by atoms with Crippen LogP contribution in [-0.2, 0) is 9.59 Å². The topological polar surface area (TPSA) is 58.2 Å². The minimum atomic E-state index is -0.262. The molecule has 0 saturated carbocycles. The Labute approximate surface area is 172 Å². The average Bonchev–Trinajstić information content (AvgIpc) is 2.56. The molecule has 0 fully saturated rings. The van der Waals surface area contributed by atoms with Crippen LogP contribution in [0.25, 0.3) is 0 Å². The largest absolute Gasteiger partial charge is 0.326 e. The van der Waals surface area contributed by atoms with Gasteiger partial charge in [-0.15, -0.1) is 11.8 Å². The molecule has 1 atom stereocenters. The van der Waals surface area contributed by atoms with Crippen LogP contribution in [0.2, 0.25) is 0 Å². The van der Waals surface area contributed by atoms with E-state index in [1.807, 2.05) is 84.0 Å². The van der Waals surface area contributed by atoms with Crippen molar-refractivity contribution in [1.82, 2.24) is 0 Å². The number of anilines is 2. The van der Waals surface area contributed by atoms with E-state index >= 15 is 0 Å². The molecule has 0 aliphatic heterocycles. The lowest BCUT2D eigenvalue weighted by Crippen LogP contribution is -2.22. The summed E-state index contributed by atoms with van der Waals surface area (Å²) in [6, 6.07) is 13.5. The average molecular weight is 399 g/mol. The Morgan fingerprint density at radius 3 is 2.29 bits per heavy atom. The highest BCUT2D eigenvalue weighted by molar-refractivity contribution is 8.00. The second-order valence-corrected chi connectivity index (χ2v) is 9.78. The van der Waals surface area contributed by atoms with Crippen LogP contribution in [0.4, 0.5) is 11.4 Å². The highest BCUT2D eigenvalue weighted by atomic mass is 32.2. The van der Waals surface area contributed by atoms with Gasteiger partial charge < -0.3 is 10.6 Å². The van der Waals surface area contributed by atoms with Gasteiger partial charge in [0.2, 0.25) is 11.8 Å². The van der Waals surface area contributed by atoms with Crippen molar-refractivity contribution in [3.8, 4) is 0 Å². The molecule has 2 rings (SSSR count). The third-order valence-corrected chi connectivity index (χ3v) is 5.36. The van der Waals surface area contributed by atoms with Crippen LogP contribution in [0.3, 0.4) is 0 Å². The first-order valence-electron chi connectivity index (χ1n) is 9.48. The molecule has 4 nitrogen and oxygen atoms in total. The molecule has 0 saturated heterocycles. The predicted octanol–water partition coefficient (Wildman–Crippen LogP) is 5.80. The molecule has 0 aliphatic rings. The molecule has 2 N–H and O–H groups in total. The second-order valence-electron chi connectivity index (χ2n) is 8.36. The third-order valence-electron chi connectivity index (χ3n) is 4.27. The van der Waals surface area contributed by atoms with Crippen molar-refractivity contribution in [1.29, 1.82) is 0 Å². The lowest BCUT2D eigenvalue weighted by atomic mass is 9.92. The summed E-state index contributed by atoms with van der Waals surface area (Å²) in [7, 11) is 0. The number of carbonyl (C=O) groups excluding carboxylic acids is 2. The Bertz CT molecular complexity index is 856. The maximum absolute atomic E-state index is 12.5. The van der Waals surface area contributed by atoms with Crippen molar-refractivity contribution in [2.24, 2.45) is 5.41 Å². The molecule has 2 amide bonds. The molecular weight excluding hydrogens is 368 g/mol. The molecule has 1 unspecified atom stereocenters. The summed E-state index contributed by atoms with van der Waals surface area (Å²) < 4.78 is 0. The maximum atomic E-state index is 12.5. The smallest absolute Gasteiger partial charge is 0.237 e. The minimum Gasteiger partial charge on any atom is -0.326 e. The minimum absolute atomic E-state index is 0.00446. The highest BCUT2D eigenvalue weighted by Gasteiger charge is 2.17. The van der Waals surface area contributed by atoms with Crippen molar-refractivity contribution in [3.05, 3.63) is 53.6 Å². The zero-order valence-corrected chi connectivity index (χ0v) is 18.4. The van der Waals surface area contributed by atoms with Gasteiger partial charge in [0, 0.05) is 22.7 Å². The summed E-state index contributed by atoms with van der Waals surface area (Å²) in [6.07, 6.45) is 0.457. The molecule has 0 radical (unpaired) electrons. The molecule has 0 heterocycles. The first-order valence-corrected chi connectivity index (χ1v) is 10.4. The number of amides is 2. The summed E-state index contributed by atoms with van der Waals surface area (Å²) >= 11 is 1.47. The van der Waals surface area contributed by atoms with Gasteiger partial charge >= 0.3 is 0 Å². The van der Waals surface area contributed by atoms with E-state index in [0.29, 0.717) is 6.42 Å². The van der Waals surface area contributed by atoms with Crippen molar-refractivity contribution in [2.45, 2.75) is 58.1 Å². The van der Waals surface area contributed by atoms with Crippen LogP contribution in [-0.4, -0.2) is 17.1 Å². The maximum Gasteiger partial charge on any atom is 0.237 e. The van der Waals surface area contributed by atoms with E-state index in [4.69, 9.17) is 0 Å². The summed E-state index contributed by atoms with van der Waals surface area (Å²) in [4.78, 5) is 25.6. The Kier molecular flexibility index (Phi) is 7.30. The van der Waals surface area contributed by atoms with Gasteiger partial charge in [-0.3, -0.25) is 9.59 Å². The number of benzene rings is 2. The lowest BCUT2D eigenvalue weighted by Gasteiger charge is -2.17. The van der Waals surface area contributed by atoms with Crippen LogP contribution in [0.5, 0.6) is 0 Å². The molecule has 2 aromatic rings. The van der Waals surface area contributed by atoms with Gasteiger partial charge in [-0.1, -0.05) is 32.9 Å². The van der Waals surface area contributed by atoms with Gasteiger partial charge in [-0.2, -0.15) is 0 Å². The fraction of sp³-hybridized carbons (Fsp3) is 0.391. The van der Waals surface area contributed by atoms with Crippen LogP contribution in [0, 0.1) is 19.3 Å². The number of hydrogen-bond acceptors (Lipinski definition) is 3. The molecular formula is C23H30N2O2S. The van der Waals surface area contributed by atoms with Crippen LogP contribution in [0.15, 0.2) is 47.4 Å². The Morgan fingerprint density at radius 1 is 0.964 bits per heavy atom. The van der Waals surface area contributed by atoms with E-state index in [0.717, 1.165) is 21.8 Å². The molecule has 2 aromatic carbocycles. The Morgan fingerprint density at radius 2 is 1.64 bits per heavy atom. The molecule has 0 spiro atoms. The summed E-state index contributed by atoms with van der Waals surface area (Å²) in [5.74, 6) is -0.0504. The van der Waals surface area contributed by atoms with Crippen LogP contribution < -0.4 is 10.6 Å². The van der Waals surface area contributed by atoms with Crippen LogP contribution in [0.1, 0.15) is 45.2 Å². The molecule has 0 aromatic heterocycles. The van der Waals surface area contributed by atoms with Gasteiger partial charge in [-0.25, -0.2) is 0 Å². The van der Waals surface area contributed by atoms with Crippen LogP contribution >= 0.6 is 11.8 Å². The molecule has 150 valence electrons. The van der Waals surface area contributed by atoms with Gasteiger partial charge in [0.1, 0.15) is 0 Å². The SMILES string of the molecule is Cc1ccc(NC(=O)C(C)Sc2cccc(NC(=O)CC(C)(C)C)c2)cc1C. The second kappa shape index (κ2) is 9.28. The van der Waals surface area contributed by atoms with E-state index in [-0.39, 0.29) is 22.5 Å². The van der Waals surface area contributed by atoms with Crippen molar-refractivity contribution in [2.75, 3.05) is 10.6 Å². The van der Waals surface area contributed by atoms with E-state index in [2.05, 4.69) is 10.6 Å². The summed E-state index contributed by atoms with van der Waals surface area (Å²) in [5, 5.41) is 5.65. The number of carbonyl (C=O) groups is 2. The first-order chi connectivity index (χ1) is 13.0. The van der Waals surface area contributed by atoms with Gasteiger partial charge in [-0.05, 0) is 67.6 Å². The number of hydrogen-bond donors (Lipinski definition) is 2. The van der Waals surface area contributed by atoms with E-state index in [9.17, 15) is 9.59 Å². The van der Waals surface area contributed by atoms with Crippen molar-refractivity contribution in [3.63, 3.8) is 0 Å². The summed E-state index contributed by atoms with van der Waals surface area (Å²) in [5.41, 5.74) is 3.85. The predicted molar refractivity (Wildman–Crippen MR) is 119 cm³/mol. The lowest BCUT2D eigenvalue weighted by molar-refractivity contribution is -0.118. The number of thioether (sulfide) groups is 1. The molecule has 28 heavy (non-hydrogen) atoms. The number of rotatable bonds is 6. The molecule has 5 heteroatoms. The van der Waals surface area contributed by atoms with Gasteiger partial charge in [0.25, 0.3) is 0 Å². The monoisotopic (exact) mass is 398 g/mol. The standard InChI is InChI=1S/C23H30N2O2S/c1-15-10-11-19(12-16(15)2)25-22(27)17(3)28-20-9-7-8-18(13-20)24-21(26)14-23(4,5)6/h7-13,17H,14H2,1-6H3,(H,24,26)(H,25,27).